The summed E-state index contributed by atoms with van der Waals surface area (Å²) in [6.07, 6.45) is 4.37. The number of benzene rings is 1. The molecule has 162 valence electrons. The lowest BCUT2D eigenvalue weighted by atomic mass is 9.79. The summed E-state index contributed by atoms with van der Waals surface area (Å²) in [7, 11) is 0. The maximum absolute atomic E-state index is 12.6. The van der Waals surface area contributed by atoms with Crippen molar-refractivity contribution in [2.45, 2.75) is 52.4 Å². The van der Waals surface area contributed by atoms with Crippen LogP contribution in [0.3, 0.4) is 0 Å². The Morgan fingerprint density at radius 3 is 2.20 bits per heavy atom. The molecule has 0 unspecified atom stereocenters. The second kappa shape index (κ2) is 10.2. The first-order chi connectivity index (χ1) is 14.3. The number of rotatable bonds is 6. The Bertz CT molecular complexity index is 782. The molecule has 2 aliphatic rings. The van der Waals surface area contributed by atoms with E-state index in [1.165, 1.54) is 5.56 Å². The zero-order valence-electron chi connectivity index (χ0n) is 18.5. The van der Waals surface area contributed by atoms with Crippen LogP contribution in [0, 0.1) is 12.8 Å². The number of aryl methyl sites for hydroxylation is 1. The first kappa shape index (κ1) is 22.4. The van der Waals surface area contributed by atoms with Gasteiger partial charge in [-0.15, -0.1) is 0 Å². The van der Waals surface area contributed by atoms with E-state index in [1.807, 2.05) is 56.0 Å². The normalized spacial score (nSPS) is 20.7. The highest BCUT2D eigenvalue weighted by Gasteiger charge is 2.31. The third kappa shape index (κ3) is 5.66. The SMILES string of the molecule is Cc1ccc(C2CC(=O)C(=CCCCN3CCN(C(=O)C(C)C)CC3)C(=O)C2)cc1. The van der Waals surface area contributed by atoms with Crippen LogP contribution < -0.4 is 0 Å². The average molecular weight is 411 g/mol. The minimum atomic E-state index is -0.0161. The molecule has 30 heavy (non-hydrogen) atoms. The van der Waals surface area contributed by atoms with Gasteiger partial charge in [-0.1, -0.05) is 49.8 Å². The molecule has 0 atom stereocenters. The molecule has 1 saturated heterocycles. The van der Waals surface area contributed by atoms with Crippen LogP contribution in [0.5, 0.6) is 0 Å². The summed E-state index contributed by atoms with van der Waals surface area (Å²) < 4.78 is 0. The molecule has 1 aliphatic heterocycles. The van der Waals surface area contributed by atoms with Crippen LogP contribution in [0.1, 0.15) is 56.6 Å². The summed E-state index contributed by atoms with van der Waals surface area (Å²) in [5.41, 5.74) is 2.67. The van der Waals surface area contributed by atoms with Crippen molar-refractivity contribution in [2.24, 2.45) is 5.92 Å². The summed E-state index contributed by atoms with van der Waals surface area (Å²) in [5, 5.41) is 0. The number of amides is 1. The first-order valence-electron chi connectivity index (χ1n) is 11.2. The Hall–Kier alpha value is -2.27. The van der Waals surface area contributed by atoms with Crippen molar-refractivity contribution >= 4 is 17.5 Å². The number of nitrogens with zero attached hydrogens (tertiary/aromatic N) is 2. The topological polar surface area (TPSA) is 57.7 Å². The molecule has 1 aromatic rings. The van der Waals surface area contributed by atoms with Crippen molar-refractivity contribution in [3.05, 3.63) is 47.0 Å². The highest BCUT2D eigenvalue weighted by Crippen LogP contribution is 2.31. The van der Waals surface area contributed by atoms with Gasteiger partial charge in [0.05, 0.1) is 5.57 Å². The lowest BCUT2D eigenvalue weighted by molar-refractivity contribution is -0.136. The van der Waals surface area contributed by atoms with Crippen LogP contribution in [0.25, 0.3) is 0 Å². The zero-order valence-corrected chi connectivity index (χ0v) is 18.5. The van der Waals surface area contributed by atoms with E-state index in [4.69, 9.17) is 0 Å². The quantitative estimate of drug-likeness (QED) is 0.409. The molecule has 1 heterocycles. The number of hydrogen-bond donors (Lipinski definition) is 0. The molecule has 2 fully saturated rings. The van der Waals surface area contributed by atoms with Crippen LogP contribution >= 0.6 is 0 Å². The summed E-state index contributed by atoms with van der Waals surface area (Å²) in [5.74, 6) is 0.264. The molecule has 0 bridgehead atoms. The van der Waals surface area contributed by atoms with Crippen molar-refractivity contribution < 1.29 is 14.4 Å². The monoisotopic (exact) mass is 410 g/mol. The Balaban J connectivity index is 1.43. The van der Waals surface area contributed by atoms with E-state index < -0.39 is 0 Å². The van der Waals surface area contributed by atoms with E-state index >= 15 is 0 Å². The van der Waals surface area contributed by atoms with Gasteiger partial charge in [-0.3, -0.25) is 19.3 Å². The van der Waals surface area contributed by atoms with Gasteiger partial charge in [-0.2, -0.15) is 0 Å². The van der Waals surface area contributed by atoms with Gasteiger partial charge in [0.25, 0.3) is 0 Å². The maximum Gasteiger partial charge on any atom is 0.225 e. The number of Topliss-reactive ketones (excluding diaryl/α,β-unsaturated/α-hetero) is 2. The van der Waals surface area contributed by atoms with Crippen molar-refractivity contribution in [1.29, 1.82) is 0 Å². The largest absolute Gasteiger partial charge is 0.340 e. The first-order valence-corrected chi connectivity index (χ1v) is 11.2. The molecule has 0 radical (unpaired) electrons. The van der Waals surface area contributed by atoms with Gasteiger partial charge in [0, 0.05) is 44.9 Å². The lowest BCUT2D eigenvalue weighted by Gasteiger charge is -2.35. The molecule has 5 heteroatoms. The third-order valence-electron chi connectivity index (χ3n) is 6.22. The van der Waals surface area contributed by atoms with Crippen LogP contribution in [0.4, 0.5) is 0 Å². The Kier molecular flexibility index (Phi) is 7.59. The van der Waals surface area contributed by atoms with Gasteiger partial charge in [0.1, 0.15) is 0 Å². The zero-order chi connectivity index (χ0) is 21.7. The lowest BCUT2D eigenvalue weighted by Crippen LogP contribution is -2.49. The molecule has 1 amide bonds. The molecule has 1 saturated carbocycles. The summed E-state index contributed by atoms with van der Waals surface area (Å²) in [6, 6.07) is 8.13. The third-order valence-corrected chi connectivity index (χ3v) is 6.22. The Morgan fingerprint density at radius 1 is 1.03 bits per heavy atom. The van der Waals surface area contributed by atoms with Crippen LogP contribution in [0.15, 0.2) is 35.9 Å². The van der Waals surface area contributed by atoms with E-state index in [-0.39, 0.29) is 29.3 Å². The molecule has 1 aromatic carbocycles. The number of unbranched alkanes of at least 4 members (excludes halogenated alkanes) is 1. The van der Waals surface area contributed by atoms with Gasteiger partial charge in [0.15, 0.2) is 11.6 Å². The number of hydrogen-bond acceptors (Lipinski definition) is 4. The van der Waals surface area contributed by atoms with Crippen molar-refractivity contribution in [3.8, 4) is 0 Å². The van der Waals surface area contributed by atoms with Gasteiger partial charge in [0.2, 0.25) is 5.91 Å². The van der Waals surface area contributed by atoms with E-state index in [9.17, 15) is 14.4 Å². The Labute approximate surface area is 180 Å². The van der Waals surface area contributed by atoms with Crippen molar-refractivity contribution in [1.82, 2.24) is 9.80 Å². The summed E-state index contributed by atoms with van der Waals surface area (Å²) in [4.78, 5) is 41.5. The maximum atomic E-state index is 12.6. The minimum absolute atomic E-state index is 0.00703. The minimum Gasteiger partial charge on any atom is -0.340 e. The predicted molar refractivity (Wildman–Crippen MR) is 118 cm³/mol. The van der Waals surface area contributed by atoms with Crippen LogP contribution in [0.2, 0.25) is 0 Å². The van der Waals surface area contributed by atoms with Crippen molar-refractivity contribution in [2.75, 3.05) is 32.7 Å². The fraction of sp³-hybridized carbons (Fsp3) is 0.560. The van der Waals surface area contributed by atoms with Crippen molar-refractivity contribution in [3.63, 3.8) is 0 Å². The molecule has 0 aromatic heterocycles. The molecule has 0 N–H and O–H groups in total. The number of carbonyl (C=O) groups is 3. The molecular formula is C25H34N2O3. The highest BCUT2D eigenvalue weighted by atomic mass is 16.2. The number of carbonyl (C=O) groups excluding carboxylic acids is 3. The van der Waals surface area contributed by atoms with Crippen LogP contribution in [-0.2, 0) is 14.4 Å². The number of allylic oxidation sites excluding steroid dienone is 2. The summed E-state index contributed by atoms with van der Waals surface area (Å²) in [6.45, 7) is 10.2. The standard InChI is InChI=1S/C25H34N2O3/c1-18(2)25(30)27-14-12-26(13-15-27)11-5-4-6-22-23(28)16-21(17-24(22)29)20-9-7-19(3)8-10-20/h6-10,18,21H,4-5,11-17H2,1-3H3. The molecule has 1 aliphatic carbocycles. The molecule has 5 nitrogen and oxygen atoms in total. The molecule has 0 spiro atoms. The highest BCUT2D eigenvalue weighted by molar-refractivity contribution is 6.22. The van der Waals surface area contributed by atoms with E-state index in [0.29, 0.717) is 18.4 Å². The number of ketones is 2. The second-order valence-corrected chi connectivity index (χ2v) is 8.94. The molecular weight excluding hydrogens is 376 g/mol. The van der Waals surface area contributed by atoms with E-state index in [2.05, 4.69) is 4.90 Å². The predicted octanol–water partition coefficient (Wildman–Crippen LogP) is 3.52. The average Bonchev–Trinajstić information content (AvgIpc) is 2.73. The molecule has 3 rings (SSSR count). The van der Waals surface area contributed by atoms with Gasteiger partial charge < -0.3 is 4.90 Å². The van der Waals surface area contributed by atoms with Crippen LogP contribution in [-0.4, -0.2) is 60.0 Å². The fourth-order valence-electron chi connectivity index (χ4n) is 4.32. The summed E-state index contributed by atoms with van der Waals surface area (Å²) >= 11 is 0. The Morgan fingerprint density at radius 2 is 1.63 bits per heavy atom. The number of piperazine rings is 1. The smallest absolute Gasteiger partial charge is 0.225 e. The van der Waals surface area contributed by atoms with Gasteiger partial charge in [-0.25, -0.2) is 0 Å². The fourth-order valence-corrected chi connectivity index (χ4v) is 4.32. The van der Waals surface area contributed by atoms with E-state index in [0.717, 1.165) is 51.1 Å². The van der Waals surface area contributed by atoms with Gasteiger partial charge >= 0.3 is 0 Å². The second-order valence-electron chi connectivity index (χ2n) is 8.94. The van der Waals surface area contributed by atoms with Gasteiger partial charge in [-0.05, 0) is 37.8 Å². The van der Waals surface area contributed by atoms with E-state index in [1.54, 1.807) is 0 Å².